The highest BCUT2D eigenvalue weighted by atomic mass is 19.4. The number of alkyl halides is 5. The van der Waals surface area contributed by atoms with Gasteiger partial charge in [-0.3, -0.25) is 4.79 Å². The van der Waals surface area contributed by atoms with Crippen molar-refractivity contribution in [3.05, 3.63) is 29.8 Å². The average Bonchev–Trinajstić information content (AvgIpc) is 2.25. The third kappa shape index (κ3) is 4.98. The monoisotopic (exact) mass is 269 g/mol. The van der Waals surface area contributed by atoms with Gasteiger partial charge in [-0.25, -0.2) is 0 Å². The van der Waals surface area contributed by atoms with Crippen molar-refractivity contribution in [2.45, 2.75) is 12.8 Å². The summed E-state index contributed by atoms with van der Waals surface area (Å²) < 4.78 is 63.1. The molecule has 18 heavy (non-hydrogen) atoms. The van der Waals surface area contributed by atoms with Crippen LogP contribution in [0.1, 0.15) is 10.4 Å². The largest absolute Gasteiger partial charge is 0.435 e. The fourth-order valence-electron chi connectivity index (χ4n) is 1.07. The van der Waals surface area contributed by atoms with Gasteiger partial charge in [-0.15, -0.1) is 0 Å². The molecule has 0 saturated heterocycles. The highest BCUT2D eigenvalue weighted by Crippen LogP contribution is 2.16. The second-order valence-electron chi connectivity index (χ2n) is 3.20. The van der Waals surface area contributed by atoms with Gasteiger partial charge in [-0.2, -0.15) is 22.0 Å². The molecule has 0 aliphatic heterocycles. The molecule has 1 rings (SSSR count). The molecule has 0 aliphatic rings. The number of amides is 1. The fraction of sp³-hybridized carbons (Fsp3) is 0.300. The lowest BCUT2D eigenvalue weighted by molar-refractivity contribution is -0.123. The standard InChI is InChI=1S/C10H8F5NO2/c11-9(12)18-7-3-1-6(2-4-7)8(17)16-5-10(13,14)15/h1-4,9H,5H2,(H,16,17). The van der Waals surface area contributed by atoms with Gasteiger partial charge in [0.25, 0.3) is 5.91 Å². The summed E-state index contributed by atoms with van der Waals surface area (Å²) >= 11 is 0. The molecule has 0 heterocycles. The van der Waals surface area contributed by atoms with Gasteiger partial charge in [0.1, 0.15) is 12.3 Å². The van der Waals surface area contributed by atoms with Crippen molar-refractivity contribution < 1.29 is 31.5 Å². The lowest BCUT2D eigenvalue weighted by Crippen LogP contribution is -2.33. The van der Waals surface area contributed by atoms with Gasteiger partial charge < -0.3 is 10.1 Å². The van der Waals surface area contributed by atoms with E-state index in [4.69, 9.17) is 0 Å². The van der Waals surface area contributed by atoms with Crippen molar-refractivity contribution >= 4 is 5.91 Å². The maximum atomic E-state index is 11.8. The third-order valence-corrected chi connectivity index (χ3v) is 1.79. The molecule has 1 N–H and O–H groups in total. The van der Waals surface area contributed by atoms with E-state index in [0.717, 1.165) is 24.3 Å². The SMILES string of the molecule is O=C(NCC(F)(F)F)c1ccc(OC(F)F)cc1. The predicted octanol–water partition coefficient (Wildman–Crippen LogP) is 2.58. The Hall–Kier alpha value is -1.86. The van der Waals surface area contributed by atoms with Gasteiger partial charge in [-0.05, 0) is 24.3 Å². The minimum absolute atomic E-state index is 0.0825. The molecule has 0 saturated carbocycles. The van der Waals surface area contributed by atoms with Crippen LogP contribution in [-0.4, -0.2) is 25.2 Å². The number of hydrogen-bond donors (Lipinski definition) is 1. The summed E-state index contributed by atoms with van der Waals surface area (Å²) in [7, 11) is 0. The zero-order chi connectivity index (χ0) is 13.8. The van der Waals surface area contributed by atoms with E-state index >= 15 is 0 Å². The normalized spacial score (nSPS) is 11.4. The molecule has 0 atom stereocenters. The summed E-state index contributed by atoms with van der Waals surface area (Å²) in [5, 5.41) is 1.65. The molecule has 1 aromatic rings. The van der Waals surface area contributed by atoms with Crippen LogP contribution in [0.4, 0.5) is 22.0 Å². The number of halogens is 5. The molecule has 0 aliphatic carbocycles. The Morgan fingerprint density at radius 3 is 2.22 bits per heavy atom. The van der Waals surface area contributed by atoms with Crippen molar-refractivity contribution in [3.63, 3.8) is 0 Å². The first-order chi connectivity index (χ1) is 8.28. The first-order valence-corrected chi connectivity index (χ1v) is 4.68. The van der Waals surface area contributed by atoms with E-state index in [9.17, 15) is 26.7 Å². The van der Waals surface area contributed by atoms with Crippen molar-refractivity contribution in [1.29, 1.82) is 0 Å². The minimum atomic E-state index is -4.51. The maximum Gasteiger partial charge on any atom is 0.405 e. The summed E-state index contributed by atoms with van der Waals surface area (Å²) in [6.07, 6.45) is -4.51. The van der Waals surface area contributed by atoms with Gasteiger partial charge in [0.2, 0.25) is 0 Å². The summed E-state index contributed by atoms with van der Waals surface area (Å²) in [6.45, 7) is -4.46. The molecule has 0 fully saturated rings. The second-order valence-corrected chi connectivity index (χ2v) is 3.20. The molecule has 0 bridgehead atoms. The summed E-state index contributed by atoms with van der Waals surface area (Å²) in [5.74, 6) is -1.13. The molecule has 0 unspecified atom stereocenters. The molecule has 0 aromatic heterocycles. The third-order valence-electron chi connectivity index (χ3n) is 1.79. The van der Waals surface area contributed by atoms with Crippen molar-refractivity contribution in [3.8, 4) is 5.75 Å². The van der Waals surface area contributed by atoms with Gasteiger partial charge in [-0.1, -0.05) is 0 Å². The van der Waals surface area contributed by atoms with Gasteiger partial charge in [0.05, 0.1) is 0 Å². The molecular formula is C10H8F5NO2. The summed E-state index contributed by atoms with van der Waals surface area (Å²) in [4.78, 5) is 11.2. The lowest BCUT2D eigenvalue weighted by Gasteiger charge is -2.09. The molecule has 0 radical (unpaired) electrons. The molecule has 0 spiro atoms. The van der Waals surface area contributed by atoms with Crippen LogP contribution in [-0.2, 0) is 0 Å². The summed E-state index contributed by atoms with van der Waals surface area (Å²) in [6, 6.07) is 4.30. The van der Waals surface area contributed by atoms with Crippen LogP contribution in [0.2, 0.25) is 0 Å². The van der Waals surface area contributed by atoms with Crippen LogP contribution >= 0.6 is 0 Å². The van der Waals surface area contributed by atoms with Crippen LogP contribution in [0, 0.1) is 0 Å². The Kier molecular flexibility index (Phi) is 4.46. The van der Waals surface area contributed by atoms with E-state index in [2.05, 4.69) is 4.74 Å². The van der Waals surface area contributed by atoms with E-state index in [-0.39, 0.29) is 11.3 Å². The number of carbonyl (C=O) groups excluding carboxylic acids is 1. The number of benzene rings is 1. The molecule has 100 valence electrons. The van der Waals surface area contributed by atoms with Gasteiger partial charge >= 0.3 is 12.8 Å². The number of carbonyl (C=O) groups is 1. The van der Waals surface area contributed by atoms with Crippen LogP contribution in [0.25, 0.3) is 0 Å². The Morgan fingerprint density at radius 1 is 1.22 bits per heavy atom. The van der Waals surface area contributed by atoms with Crippen LogP contribution in [0.5, 0.6) is 5.75 Å². The number of nitrogens with one attached hydrogen (secondary N) is 1. The molecular weight excluding hydrogens is 261 g/mol. The van der Waals surface area contributed by atoms with Gasteiger partial charge in [0.15, 0.2) is 0 Å². The van der Waals surface area contributed by atoms with Crippen molar-refractivity contribution in [1.82, 2.24) is 5.32 Å². The van der Waals surface area contributed by atoms with Crippen molar-refractivity contribution in [2.75, 3.05) is 6.54 Å². The Balaban J connectivity index is 2.59. The number of rotatable bonds is 4. The average molecular weight is 269 g/mol. The fourth-order valence-corrected chi connectivity index (χ4v) is 1.07. The first-order valence-electron chi connectivity index (χ1n) is 4.68. The van der Waals surface area contributed by atoms with Gasteiger partial charge in [0, 0.05) is 5.56 Å². The zero-order valence-electron chi connectivity index (χ0n) is 8.80. The molecule has 3 nitrogen and oxygen atoms in total. The number of ether oxygens (including phenoxy) is 1. The highest BCUT2D eigenvalue weighted by Gasteiger charge is 2.27. The van der Waals surface area contributed by atoms with E-state index in [0.29, 0.717) is 0 Å². The van der Waals surface area contributed by atoms with E-state index < -0.39 is 25.2 Å². The van der Waals surface area contributed by atoms with Crippen molar-refractivity contribution in [2.24, 2.45) is 0 Å². The topological polar surface area (TPSA) is 38.3 Å². The molecule has 1 amide bonds. The second kappa shape index (κ2) is 5.65. The Morgan fingerprint density at radius 2 is 1.78 bits per heavy atom. The predicted molar refractivity (Wildman–Crippen MR) is 51.5 cm³/mol. The lowest BCUT2D eigenvalue weighted by atomic mass is 10.2. The van der Waals surface area contributed by atoms with E-state index in [1.54, 1.807) is 5.32 Å². The summed E-state index contributed by atoms with van der Waals surface area (Å²) in [5.41, 5.74) is -0.0825. The minimum Gasteiger partial charge on any atom is -0.435 e. The Bertz CT molecular complexity index is 402. The first kappa shape index (κ1) is 14.2. The van der Waals surface area contributed by atoms with E-state index in [1.807, 2.05) is 0 Å². The van der Waals surface area contributed by atoms with Crippen LogP contribution < -0.4 is 10.1 Å². The Labute approximate surface area is 98.5 Å². The van der Waals surface area contributed by atoms with Crippen LogP contribution in [0.15, 0.2) is 24.3 Å². The molecule has 8 heteroatoms. The molecule has 1 aromatic carbocycles. The maximum absolute atomic E-state index is 11.8. The quantitative estimate of drug-likeness (QED) is 0.853. The smallest absolute Gasteiger partial charge is 0.405 e. The van der Waals surface area contributed by atoms with E-state index in [1.165, 1.54) is 0 Å². The highest BCUT2D eigenvalue weighted by molar-refractivity contribution is 5.94. The zero-order valence-corrected chi connectivity index (χ0v) is 8.80. The van der Waals surface area contributed by atoms with Crippen LogP contribution in [0.3, 0.4) is 0 Å². The number of hydrogen-bond acceptors (Lipinski definition) is 2.